The number of nitriles is 1. The Kier molecular flexibility index (Phi) is 6.22. The standard InChI is InChI=1S/C22H17Cl2N5O4/c1-2-6-28-7-5-12-8-14(3-4-15(12)21(28)31)33-19-16(23)9-13(10-17(19)24)29-22(32)26-20(30)18(11-25)27-29/h3-4,8-10H,2,5-7H2,1H3,(H,26,30,32). The Balaban J connectivity index is 1.65. The summed E-state index contributed by atoms with van der Waals surface area (Å²) in [5.74, 6) is 0.601. The molecule has 0 radical (unpaired) electrons. The van der Waals surface area contributed by atoms with Crippen molar-refractivity contribution in [3.05, 3.63) is 78.0 Å². The number of hydrogen-bond donors (Lipinski definition) is 1. The molecule has 0 spiro atoms. The first kappa shape index (κ1) is 22.6. The summed E-state index contributed by atoms with van der Waals surface area (Å²) in [6, 6.07) is 9.53. The fourth-order valence-electron chi connectivity index (χ4n) is 3.59. The van der Waals surface area contributed by atoms with Gasteiger partial charge in [0.15, 0.2) is 5.75 Å². The molecule has 1 aromatic heterocycles. The van der Waals surface area contributed by atoms with Crippen LogP contribution in [0.4, 0.5) is 0 Å². The topological polar surface area (TPSA) is 121 Å². The van der Waals surface area contributed by atoms with Crippen molar-refractivity contribution in [1.29, 1.82) is 5.26 Å². The number of aromatic nitrogens is 3. The molecule has 4 rings (SSSR count). The van der Waals surface area contributed by atoms with Crippen molar-refractivity contribution in [3.63, 3.8) is 0 Å². The number of nitrogens with one attached hydrogen (secondary N) is 1. The van der Waals surface area contributed by atoms with E-state index in [2.05, 4.69) is 5.10 Å². The Morgan fingerprint density at radius 1 is 1.18 bits per heavy atom. The molecular formula is C22H17Cl2N5O4. The van der Waals surface area contributed by atoms with Gasteiger partial charge >= 0.3 is 5.69 Å². The number of rotatable bonds is 5. The minimum Gasteiger partial charge on any atom is -0.454 e. The highest BCUT2D eigenvalue weighted by Crippen LogP contribution is 2.38. The number of carbonyl (C=O) groups is 1. The van der Waals surface area contributed by atoms with Gasteiger partial charge in [-0.05, 0) is 48.7 Å². The molecule has 9 nitrogen and oxygen atoms in total. The van der Waals surface area contributed by atoms with Gasteiger partial charge < -0.3 is 9.64 Å². The van der Waals surface area contributed by atoms with Crippen LogP contribution < -0.4 is 16.0 Å². The Morgan fingerprint density at radius 2 is 1.91 bits per heavy atom. The lowest BCUT2D eigenvalue weighted by Crippen LogP contribution is -2.37. The molecule has 0 atom stereocenters. The molecule has 2 aromatic carbocycles. The highest BCUT2D eigenvalue weighted by atomic mass is 35.5. The molecule has 3 aromatic rings. The highest BCUT2D eigenvalue weighted by molar-refractivity contribution is 6.37. The van der Waals surface area contributed by atoms with E-state index in [1.165, 1.54) is 12.1 Å². The molecule has 2 heterocycles. The summed E-state index contributed by atoms with van der Waals surface area (Å²) >= 11 is 12.7. The van der Waals surface area contributed by atoms with E-state index in [1.54, 1.807) is 24.3 Å². The van der Waals surface area contributed by atoms with Crippen molar-refractivity contribution < 1.29 is 9.53 Å². The number of aromatic amines is 1. The quantitative estimate of drug-likeness (QED) is 0.591. The SMILES string of the molecule is CCCN1CCc2cc(Oc3c(Cl)cc(-n4nc(C#N)c(=O)[nH]c4=O)cc3Cl)ccc2C1=O. The molecule has 168 valence electrons. The maximum Gasteiger partial charge on any atom is 0.349 e. The fourth-order valence-corrected chi connectivity index (χ4v) is 4.14. The third-order valence-electron chi connectivity index (χ3n) is 5.12. The average molecular weight is 486 g/mol. The van der Waals surface area contributed by atoms with E-state index in [0.29, 0.717) is 24.3 Å². The van der Waals surface area contributed by atoms with Crippen molar-refractivity contribution >= 4 is 29.1 Å². The van der Waals surface area contributed by atoms with Gasteiger partial charge in [0, 0.05) is 18.7 Å². The van der Waals surface area contributed by atoms with Crippen molar-refractivity contribution in [2.75, 3.05) is 13.1 Å². The molecule has 0 saturated carbocycles. The molecule has 1 amide bonds. The van der Waals surface area contributed by atoms with Gasteiger partial charge in [0.25, 0.3) is 11.5 Å². The van der Waals surface area contributed by atoms with Gasteiger partial charge in [0.1, 0.15) is 11.8 Å². The Labute approximate surface area is 197 Å². The van der Waals surface area contributed by atoms with Crippen LogP contribution in [0.5, 0.6) is 11.5 Å². The van der Waals surface area contributed by atoms with Crippen LogP contribution in [0.15, 0.2) is 39.9 Å². The van der Waals surface area contributed by atoms with Crippen LogP contribution in [0.1, 0.15) is 35.0 Å². The number of fused-ring (bicyclic) bond motifs is 1. The molecule has 0 aliphatic carbocycles. The van der Waals surface area contributed by atoms with Gasteiger partial charge in [0.05, 0.1) is 15.7 Å². The zero-order valence-corrected chi connectivity index (χ0v) is 18.9. The highest BCUT2D eigenvalue weighted by Gasteiger charge is 2.24. The van der Waals surface area contributed by atoms with Crippen LogP contribution in [-0.2, 0) is 6.42 Å². The summed E-state index contributed by atoms with van der Waals surface area (Å²) in [5, 5.41) is 12.9. The lowest BCUT2D eigenvalue weighted by atomic mass is 9.98. The summed E-state index contributed by atoms with van der Waals surface area (Å²) < 4.78 is 6.71. The Bertz CT molecular complexity index is 1400. The van der Waals surface area contributed by atoms with Gasteiger partial charge in [-0.2, -0.15) is 9.94 Å². The normalized spacial score (nSPS) is 12.9. The lowest BCUT2D eigenvalue weighted by Gasteiger charge is -2.28. The van der Waals surface area contributed by atoms with E-state index >= 15 is 0 Å². The second-order valence-electron chi connectivity index (χ2n) is 7.33. The number of halogens is 2. The van der Waals surface area contributed by atoms with Gasteiger partial charge in [-0.15, -0.1) is 5.10 Å². The van der Waals surface area contributed by atoms with Gasteiger partial charge in [-0.25, -0.2) is 4.79 Å². The van der Waals surface area contributed by atoms with Crippen LogP contribution in [0.25, 0.3) is 5.69 Å². The van der Waals surface area contributed by atoms with Crippen LogP contribution in [-0.4, -0.2) is 38.7 Å². The third-order valence-corrected chi connectivity index (χ3v) is 5.68. The monoisotopic (exact) mass is 485 g/mol. The average Bonchev–Trinajstić information content (AvgIpc) is 2.78. The molecule has 33 heavy (non-hydrogen) atoms. The maximum atomic E-state index is 12.6. The van der Waals surface area contributed by atoms with E-state index in [9.17, 15) is 14.4 Å². The molecular weight excluding hydrogens is 469 g/mol. The molecule has 0 saturated heterocycles. The number of nitrogens with zero attached hydrogens (tertiary/aromatic N) is 4. The summed E-state index contributed by atoms with van der Waals surface area (Å²) in [6.07, 6.45) is 1.61. The van der Waals surface area contributed by atoms with Crippen molar-refractivity contribution in [1.82, 2.24) is 19.7 Å². The molecule has 11 heteroatoms. The smallest absolute Gasteiger partial charge is 0.349 e. The van der Waals surface area contributed by atoms with Gasteiger partial charge in [-0.3, -0.25) is 14.6 Å². The number of H-pyrrole nitrogens is 1. The molecule has 0 bridgehead atoms. The summed E-state index contributed by atoms with van der Waals surface area (Å²) in [4.78, 5) is 40.2. The Morgan fingerprint density at radius 3 is 2.58 bits per heavy atom. The maximum absolute atomic E-state index is 12.6. The zero-order chi connectivity index (χ0) is 23.7. The summed E-state index contributed by atoms with van der Waals surface area (Å²) in [7, 11) is 0. The van der Waals surface area contributed by atoms with E-state index in [-0.39, 0.29) is 27.4 Å². The molecule has 0 fully saturated rings. The second-order valence-corrected chi connectivity index (χ2v) is 8.15. The lowest BCUT2D eigenvalue weighted by molar-refractivity contribution is 0.0740. The third kappa shape index (κ3) is 4.35. The minimum absolute atomic E-state index is 0.000602. The Hall–Kier alpha value is -3.61. The number of hydrogen-bond acceptors (Lipinski definition) is 6. The number of amides is 1. The zero-order valence-electron chi connectivity index (χ0n) is 17.4. The van der Waals surface area contributed by atoms with Crippen LogP contribution in [0, 0.1) is 11.3 Å². The fraction of sp³-hybridized carbons (Fsp3) is 0.227. The molecule has 1 aliphatic rings. The molecule has 0 unspecified atom stereocenters. The van der Waals surface area contributed by atoms with Crippen LogP contribution in [0.2, 0.25) is 10.0 Å². The van der Waals surface area contributed by atoms with Crippen molar-refractivity contribution in [2.24, 2.45) is 0 Å². The van der Waals surface area contributed by atoms with E-state index in [1.807, 2.05) is 16.8 Å². The predicted molar refractivity (Wildman–Crippen MR) is 122 cm³/mol. The summed E-state index contributed by atoms with van der Waals surface area (Å²) in [6.45, 7) is 3.40. The first-order chi connectivity index (χ1) is 15.8. The minimum atomic E-state index is -0.889. The largest absolute Gasteiger partial charge is 0.454 e. The predicted octanol–water partition coefficient (Wildman–Crippen LogP) is 3.30. The van der Waals surface area contributed by atoms with Gasteiger partial charge in [0.2, 0.25) is 5.69 Å². The number of carbonyl (C=O) groups excluding carboxylic acids is 1. The van der Waals surface area contributed by atoms with Crippen molar-refractivity contribution in [3.8, 4) is 23.3 Å². The summed E-state index contributed by atoms with van der Waals surface area (Å²) in [5.41, 5.74) is -0.561. The van der Waals surface area contributed by atoms with Gasteiger partial charge in [-0.1, -0.05) is 30.1 Å². The first-order valence-corrected chi connectivity index (χ1v) is 10.8. The number of benzene rings is 2. The van der Waals surface area contributed by atoms with E-state index in [0.717, 1.165) is 23.2 Å². The van der Waals surface area contributed by atoms with Crippen LogP contribution >= 0.6 is 23.2 Å². The molecule has 1 N–H and O–H groups in total. The van der Waals surface area contributed by atoms with Crippen molar-refractivity contribution in [2.45, 2.75) is 19.8 Å². The first-order valence-electron chi connectivity index (χ1n) is 10.1. The van der Waals surface area contributed by atoms with E-state index < -0.39 is 16.9 Å². The number of ether oxygens (including phenoxy) is 1. The van der Waals surface area contributed by atoms with Crippen LogP contribution in [0.3, 0.4) is 0 Å². The molecule has 1 aliphatic heterocycles. The van der Waals surface area contributed by atoms with E-state index in [4.69, 9.17) is 33.2 Å². The second kappa shape index (κ2) is 9.10.